The van der Waals surface area contributed by atoms with Crippen molar-refractivity contribution in [3.8, 4) is 0 Å². The van der Waals surface area contributed by atoms with Crippen molar-refractivity contribution in [2.75, 3.05) is 46.4 Å². The molecule has 2 saturated carbocycles. The number of rotatable bonds is 8. The summed E-state index contributed by atoms with van der Waals surface area (Å²) in [4.78, 5) is 9.89. The van der Waals surface area contributed by atoms with Gasteiger partial charge in [-0.15, -0.1) is 0 Å². The van der Waals surface area contributed by atoms with Crippen LogP contribution in [0.3, 0.4) is 0 Å². The molecule has 0 aromatic rings. The maximum absolute atomic E-state index is 6.23. The first kappa shape index (κ1) is 20.9. The average molecular weight is 379 g/mol. The molecule has 0 amide bonds. The summed E-state index contributed by atoms with van der Waals surface area (Å²) in [6.45, 7) is 8.20. The SMILES string of the molecule is CCNC(=NCCN(C)C1CCCC1)N1CCC(OCC2CCCC2)CC1. The predicted molar refractivity (Wildman–Crippen MR) is 113 cm³/mol. The molecule has 1 N–H and O–H groups in total. The van der Waals surface area contributed by atoms with Gasteiger partial charge in [0.2, 0.25) is 0 Å². The Morgan fingerprint density at radius 2 is 1.70 bits per heavy atom. The molecule has 5 heteroatoms. The highest BCUT2D eigenvalue weighted by Gasteiger charge is 2.24. The molecule has 0 atom stereocenters. The zero-order valence-corrected chi connectivity index (χ0v) is 17.8. The number of nitrogens with one attached hydrogen (secondary N) is 1. The molecule has 3 rings (SSSR count). The monoisotopic (exact) mass is 378 g/mol. The van der Waals surface area contributed by atoms with E-state index >= 15 is 0 Å². The highest BCUT2D eigenvalue weighted by Crippen LogP contribution is 2.26. The fourth-order valence-corrected chi connectivity index (χ4v) is 4.95. The summed E-state index contributed by atoms with van der Waals surface area (Å²) < 4.78 is 6.23. The van der Waals surface area contributed by atoms with Crippen molar-refractivity contribution in [1.29, 1.82) is 0 Å². The molecule has 27 heavy (non-hydrogen) atoms. The third-order valence-electron chi connectivity index (χ3n) is 6.78. The summed E-state index contributed by atoms with van der Waals surface area (Å²) in [5, 5.41) is 3.50. The molecule has 1 saturated heterocycles. The van der Waals surface area contributed by atoms with Crippen LogP contribution in [0.4, 0.5) is 0 Å². The molecule has 0 unspecified atom stereocenters. The summed E-state index contributed by atoms with van der Waals surface area (Å²) in [5.41, 5.74) is 0. The number of likely N-dealkylation sites (N-methyl/N-ethyl adjacent to an activating group) is 1. The Kier molecular flexibility index (Phi) is 8.72. The van der Waals surface area contributed by atoms with Crippen LogP contribution in [0.25, 0.3) is 0 Å². The van der Waals surface area contributed by atoms with E-state index in [9.17, 15) is 0 Å². The molecule has 0 spiro atoms. The Morgan fingerprint density at radius 1 is 1.04 bits per heavy atom. The second kappa shape index (κ2) is 11.3. The van der Waals surface area contributed by atoms with E-state index in [1.165, 1.54) is 51.4 Å². The molecular formula is C22H42N4O. The Morgan fingerprint density at radius 3 is 2.37 bits per heavy atom. The van der Waals surface area contributed by atoms with E-state index in [0.717, 1.165) is 70.1 Å². The van der Waals surface area contributed by atoms with Crippen LogP contribution in [0, 0.1) is 5.92 Å². The van der Waals surface area contributed by atoms with E-state index in [1.54, 1.807) is 0 Å². The van der Waals surface area contributed by atoms with Gasteiger partial charge in [-0.25, -0.2) is 0 Å². The minimum absolute atomic E-state index is 0.457. The number of piperidine rings is 1. The first-order valence-corrected chi connectivity index (χ1v) is 11.6. The lowest BCUT2D eigenvalue weighted by atomic mass is 10.1. The van der Waals surface area contributed by atoms with E-state index < -0.39 is 0 Å². The third-order valence-corrected chi connectivity index (χ3v) is 6.78. The number of nitrogens with zero attached hydrogens (tertiary/aromatic N) is 3. The van der Waals surface area contributed by atoms with Crippen molar-refractivity contribution in [2.45, 2.75) is 83.3 Å². The van der Waals surface area contributed by atoms with Gasteiger partial charge in [0, 0.05) is 38.8 Å². The molecule has 0 radical (unpaired) electrons. The maximum atomic E-state index is 6.23. The zero-order valence-electron chi connectivity index (χ0n) is 17.8. The Bertz CT molecular complexity index is 436. The van der Waals surface area contributed by atoms with Crippen LogP contribution < -0.4 is 5.32 Å². The molecule has 156 valence electrons. The predicted octanol–water partition coefficient (Wildman–Crippen LogP) is 3.50. The molecule has 1 aliphatic heterocycles. The normalized spacial score (nSPS) is 23.7. The molecule has 1 heterocycles. The molecule has 5 nitrogen and oxygen atoms in total. The number of ether oxygens (including phenoxy) is 1. The summed E-state index contributed by atoms with van der Waals surface area (Å²) >= 11 is 0. The van der Waals surface area contributed by atoms with Gasteiger partial charge in [-0.05, 0) is 58.4 Å². The average Bonchev–Trinajstić information content (AvgIpc) is 3.40. The summed E-state index contributed by atoms with van der Waals surface area (Å²) in [6.07, 6.45) is 13.9. The molecule has 0 aromatic heterocycles. The summed E-state index contributed by atoms with van der Waals surface area (Å²) in [5.74, 6) is 1.94. The molecule has 3 aliphatic rings. The highest BCUT2D eigenvalue weighted by molar-refractivity contribution is 5.80. The fourth-order valence-electron chi connectivity index (χ4n) is 4.95. The standard InChI is InChI=1S/C22H42N4O/c1-3-23-22(24-14-17-25(2)20-10-6-7-11-20)26-15-12-21(13-16-26)27-18-19-8-4-5-9-19/h19-21H,3-18H2,1-2H3,(H,23,24). The zero-order chi connectivity index (χ0) is 18.9. The van der Waals surface area contributed by atoms with Gasteiger partial charge >= 0.3 is 0 Å². The number of hydrogen-bond acceptors (Lipinski definition) is 3. The molecular weight excluding hydrogens is 336 g/mol. The first-order valence-electron chi connectivity index (χ1n) is 11.6. The molecule has 3 fully saturated rings. The van der Waals surface area contributed by atoms with Crippen molar-refractivity contribution in [3.63, 3.8) is 0 Å². The fraction of sp³-hybridized carbons (Fsp3) is 0.955. The highest BCUT2D eigenvalue weighted by atomic mass is 16.5. The van der Waals surface area contributed by atoms with Crippen LogP contribution >= 0.6 is 0 Å². The number of hydrogen-bond donors (Lipinski definition) is 1. The van der Waals surface area contributed by atoms with Crippen LogP contribution in [-0.4, -0.2) is 74.3 Å². The minimum atomic E-state index is 0.457. The summed E-state index contributed by atoms with van der Waals surface area (Å²) in [7, 11) is 2.27. The Balaban J connectivity index is 1.38. The number of likely N-dealkylation sites (tertiary alicyclic amines) is 1. The van der Waals surface area contributed by atoms with E-state index in [4.69, 9.17) is 9.73 Å². The number of aliphatic imine (C=N–C) groups is 1. The largest absolute Gasteiger partial charge is 0.378 e. The van der Waals surface area contributed by atoms with Gasteiger partial charge in [0.05, 0.1) is 12.6 Å². The number of guanidine groups is 1. The lowest BCUT2D eigenvalue weighted by Gasteiger charge is -2.34. The van der Waals surface area contributed by atoms with Crippen LogP contribution in [-0.2, 0) is 4.74 Å². The van der Waals surface area contributed by atoms with Crippen LogP contribution in [0.1, 0.15) is 71.1 Å². The maximum Gasteiger partial charge on any atom is 0.193 e. The first-order chi connectivity index (χ1) is 13.3. The Labute approximate surface area is 166 Å². The Hall–Kier alpha value is -0.810. The van der Waals surface area contributed by atoms with E-state index in [-0.39, 0.29) is 0 Å². The van der Waals surface area contributed by atoms with Crippen molar-refractivity contribution in [3.05, 3.63) is 0 Å². The summed E-state index contributed by atoms with van der Waals surface area (Å²) in [6, 6.07) is 0.788. The van der Waals surface area contributed by atoms with Gasteiger partial charge in [-0.2, -0.15) is 0 Å². The van der Waals surface area contributed by atoms with E-state index in [2.05, 4.69) is 29.1 Å². The van der Waals surface area contributed by atoms with E-state index in [0.29, 0.717) is 6.10 Å². The van der Waals surface area contributed by atoms with Crippen LogP contribution in [0.5, 0.6) is 0 Å². The van der Waals surface area contributed by atoms with Crippen molar-refractivity contribution < 1.29 is 4.74 Å². The smallest absolute Gasteiger partial charge is 0.193 e. The molecule has 0 aromatic carbocycles. The van der Waals surface area contributed by atoms with Gasteiger partial charge in [0.15, 0.2) is 5.96 Å². The van der Waals surface area contributed by atoms with Gasteiger partial charge in [-0.3, -0.25) is 4.99 Å². The van der Waals surface area contributed by atoms with Crippen LogP contribution in [0.2, 0.25) is 0 Å². The topological polar surface area (TPSA) is 40.1 Å². The van der Waals surface area contributed by atoms with Gasteiger partial charge in [-0.1, -0.05) is 25.7 Å². The van der Waals surface area contributed by atoms with Crippen LogP contribution in [0.15, 0.2) is 4.99 Å². The second-order valence-corrected chi connectivity index (χ2v) is 8.82. The lowest BCUT2D eigenvalue weighted by molar-refractivity contribution is 0.00101. The minimum Gasteiger partial charge on any atom is -0.378 e. The quantitative estimate of drug-likeness (QED) is 0.518. The second-order valence-electron chi connectivity index (χ2n) is 8.82. The van der Waals surface area contributed by atoms with E-state index in [1.807, 2.05) is 0 Å². The van der Waals surface area contributed by atoms with Crippen molar-refractivity contribution in [2.24, 2.45) is 10.9 Å². The van der Waals surface area contributed by atoms with Gasteiger partial charge in [0.25, 0.3) is 0 Å². The third kappa shape index (κ3) is 6.63. The van der Waals surface area contributed by atoms with Crippen molar-refractivity contribution >= 4 is 5.96 Å². The lowest BCUT2D eigenvalue weighted by Crippen LogP contribution is -2.47. The molecule has 2 aliphatic carbocycles. The van der Waals surface area contributed by atoms with Gasteiger partial charge in [0.1, 0.15) is 0 Å². The van der Waals surface area contributed by atoms with Gasteiger partial charge < -0.3 is 19.9 Å². The van der Waals surface area contributed by atoms with Crippen molar-refractivity contribution in [1.82, 2.24) is 15.1 Å². The molecule has 0 bridgehead atoms.